The normalized spacial score (nSPS) is 14.6. The van der Waals surface area contributed by atoms with Crippen molar-refractivity contribution in [1.29, 1.82) is 0 Å². The Morgan fingerprint density at radius 3 is 2.37 bits per heavy atom. The lowest BCUT2D eigenvalue weighted by atomic mass is 10.1. The average Bonchev–Trinajstić information content (AvgIpc) is 3.28. The van der Waals surface area contributed by atoms with Gasteiger partial charge in [-0.3, -0.25) is 14.5 Å². The molecule has 5 aromatic rings. The molecule has 35 heavy (non-hydrogen) atoms. The summed E-state index contributed by atoms with van der Waals surface area (Å²) >= 11 is 0. The van der Waals surface area contributed by atoms with E-state index in [1.807, 2.05) is 59.2 Å². The zero-order chi connectivity index (χ0) is 23.8. The molecule has 0 atom stereocenters. The molecular formula is C27H25N5O3. The fourth-order valence-electron chi connectivity index (χ4n) is 4.78. The zero-order valence-electron chi connectivity index (χ0n) is 19.2. The summed E-state index contributed by atoms with van der Waals surface area (Å²) < 4.78 is 7.31. The second-order valence-corrected chi connectivity index (χ2v) is 8.80. The average molecular weight is 468 g/mol. The molecule has 1 aliphatic heterocycles. The number of nitrogens with zero attached hydrogens (tertiary/aromatic N) is 3. The van der Waals surface area contributed by atoms with Crippen LogP contribution in [0.4, 0.5) is 5.69 Å². The number of carbonyl (C=O) groups excluding carboxylic acids is 1. The van der Waals surface area contributed by atoms with Crippen molar-refractivity contribution >= 4 is 44.4 Å². The van der Waals surface area contributed by atoms with E-state index in [1.165, 1.54) is 0 Å². The van der Waals surface area contributed by atoms with Gasteiger partial charge in [-0.05, 0) is 42.5 Å². The first-order valence-electron chi connectivity index (χ1n) is 11.7. The number of fused-ring (bicyclic) bond motifs is 3. The van der Waals surface area contributed by atoms with Gasteiger partial charge >= 0.3 is 0 Å². The Labute approximate surface area is 201 Å². The SMILES string of the molecule is O=C(Cn1c2ccccc2c(=O)c2ccccc21)Nc1ccc2nc(CN3CCOCC3)[nH]c2c1. The number of ether oxygens (including phenoxy) is 1. The zero-order valence-corrected chi connectivity index (χ0v) is 19.2. The molecular weight excluding hydrogens is 442 g/mol. The van der Waals surface area contributed by atoms with Crippen molar-refractivity contribution in [2.45, 2.75) is 13.1 Å². The number of aromatic nitrogens is 3. The number of amides is 1. The van der Waals surface area contributed by atoms with Crippen LogP contribution in [0.15, 0.2) is 71.5 Å². The molecule has 6 rings (SSSR count). The molecule has 1 saturated heterocycles. The maximum atomic E-state index is 13.1. The number of carbonyl (C=O) groups is 1. The number of rotatable bonds is 5. The summed E-state index contributed by atoms with van der Waals surface area (Å²) in [5.41, 5.74) is 3.89. The van der Waals surface area contributed by atoms with Gasteiger partial charge in [0.15, 0.2) is 5.43 Å². The highest BCUT2D eigenvalue weighted by Crippen LogP contribution is 2.21. The molecule has 1 amide bonds. The molecule has 0 saturated carbocycles. The van der Waals surface area contributed by atoms with Crippen molar-refractivity contribution < 1.29 is 9.53 Å². The molecule has 176 valence electrons. The molecule has 1 fully saturated rings. The molecule has 3 heterocycles. The van der Waals surface area contributed by atoms with Crippen LogP contribution in [0.3, 0.4) is 0 Å². The molecule has 2 N–H and O–H groups in total. The molecule has 3 aromatic carbocycles. The van der Waals surface area contributed by atoms with E-state index in [9.17, 15) is 9.59 Å². The number of para-hydroxylation sites is 2. The van der Waals surface area contributed by atoms with Gasteiger partial charge in [-0.25, -0.2) is 4.98 Å². The van der Waals surface area contributed by atoms with Crippen LogP contribution in [0.2, 0.25) is 0 Å². The monoisotopic (exact) mass is 467 g/mol. The van der Waals surface area contributed by atoms with Gasteiger partial charge in [0.1, 0.15) is 12.4 Å². The molecule has 0 unspecified atom stereocenters. The summed E-state index contributed by atoms with van der Waals surface area (Å²) in [6.07, 6.45) is 0. The van der Waals surface area contributed by atoms with Gasteiger partial charge in [0.25, 0.3) is 0 Å². The number of anilines is 1. The Hall–Kier alpha value is -4.01. The molecule has 0 bridgehead atoms. The van der Waals surface area contributed by atoms with Gasteiger partial charge in [0.2, 0.25) is 5.91 Å². The molecule has 8 nitrogen and oxygen atoms in total. The second-order valence-electron chi connectivity index (χ2n) is 8.80. The summed E-state index contributed by atoms with van der Waals surface area (Å²) in [4.78, 5) is 36.4. The maximum Gasteiger partial charge on any atom is 0.244 e. The van der Waals surface area contributed by atoms with Crippen molar-refractivity contribution in [2.75, 3.05) is 31.6 Å². The number of imidazole rings is 1. The molecule has 0 aliphatic carbocycles. The number of H-pyrrole nitrogens is 1. The van der Waals surface area contributed by atoms with E-state index in [2.05, 4.69) is 20.2 Å². The van der Waals surface area contributed by atoms with Gasteiger partial charge in [-0.1, -0.05) is 24.3 Å². The third-order valence-corrected chi connectivity index (χ3v) is 6.47. The highest BCUT2D eigenvalue weighted by Gasteiger charge is 2.15. The minimum atomic E-state index is -0.170. The summed E-state index contributed by atoms with van der Waals surface area (Å²) in [5.74, 6) is 0.730. The first-order chi connectivity index (χ1) is 17.2. The summed E-state index contributed by atoms with van der Waals surface area (Å²) in [7, 11) is 0. The van der Waals surface area contributed by atoms with Crippen molar-refractivity contribution in [1.82, 2.24) is 19.4 Å². The minimum absolute atomic E-state index is 0.0227. The first-order valence-corrected chi connectivity index (χ1v) is 11.7. The molecule has 1 aliphatic rings. The van der Waals surface area contributed by atoms with Crippen LogP contribution in [0.5, 0.6) is 0 Å². The van der Waals surface area contributed by atoms with Crippen LogP contribution >= 0.6 is 0 Å². The largest absolute Gasteiger partial charge is 0.379 e. The van der Waals surface area contributed by atoms with E-state index in [1.54, 1.807) is 12.1 Å². The van der Waals surface area contributed by atoms with Crippen LogP contribution in [0, 0.1) is 0 Å². The maximum absolute atomic E-state index is 13.1. The standard InChI is InChI=1S/C27H25N5O3/c33-26(17-32-23-7-3-1-5-19(23)27(34)20-6-2-4-8-24(20)32)28-18-9-10-21-22(15-18)30-25(29-21)16-31-11-13-35-14-12-31/h1-10,15H,11-14,16-17H2,(H,28,33)(H,29,30). The molecule has 0 spiro atoms. The third-order valence-electron chi connectivity index (χ3n) is 6.47. The van der Waals surface area contributed by atoms with E-state index in [0.717, 1.165) is 60.7 Å². The number of benzene rings is 3. The molecule has 2 aromatic heterocycles. The van der Waals surface area contributed by atoms with E-state index in [4.69, 9.17) is 4.74 Å². The number of pyridine rings is 1. The van der Waals surface area contributed by atoms with E-state index >= 15 is 0 Å². The lowest BCUT2D eigenvalue weighted by Gasteiger charge is -2.25. The predicted octanol–water partition coefficient (Wildman–Crippen LogP) is 3.50. The van der Waals surface area contributed by atoms with Crippen LogP contribution in [-0.4, -0.2) is 51.6 Å². The number of hydrogen-bond acceptors (Lipinski definition) is 5. The minimum Gasteiger partial charge on any atom is -0.379 e. The fraction of sp³-hybridized carbons (Fsp3) is 0.222. The Balaban J connectivity index is 1.26. The topological polar surface area (TPSA) is 92.2 Å². The van der Waals surface area contributed by atoms with E-state index in [0.29, 0.717) is 16.5 Å². The van der Waals surface area contributed by atoms with Gasteiger partial charge in [-0.15, -0.1) is 0 Å². The van der Waals surface area contributed by atoms with Crippen molar-refractivity contribution in [2.24, 2.45) is 0 Å². The quantitative estimate of drug-likeness (QED) is 0.386. The molecule has 0 radical (unpaired) electrons. The van der Waals surface area contributed by atoms with E-state index in [-0.39, 0.29) is 17.9 Å². The summed E-state index contributed by atoms with van der Waals surface area (Å²) in [6.45, 7) is 4.11. The van der Waals surface area contributed by atoms with Gasteiger partial charge in [-0.2, -0.15) is 0 Å². The molecule has 8 heteroatoms. The summed E-state index contributed by atoms with van der Waals surface area (Å²) in [5, 5.41) is 4.21. The van der Waals surface area contributed by atoms with Crippen LogP contribution < -0.4 is 10.7 Å². The summed E-state index contributed by atoms with van der Waals surface area (Å²) in [6, 6.07) is 20.5. The highest BCUT2D eigenvalue weighted by molar-refractivity contribution is 5.98. The highest BCUT2D eigenvalue weighted by atomic mass is 16.5. The fourth-order valence-corrected chi connectivity index (χ4v) is 4.78. The first kappa shape index (κ1) is 21.5. The van der Waals surface area contributed by atoms with Crippen molar-refractivity contribution in [3.63, 3.8) is 0 Å². The third kappa shape index (κ3) is 4.18. The number of aromatic amines is 1. The smallest absolute Gasteiger partial charge is 0.244 e. The van der Waals surface area contributed by atoms with E-state index < -0.39 is 0 Å². The lowest BCUT2D eigenvalue weighted by Crippen LogP contribution is -2.35. The van der Waals surface area contributed by atoms with Crippen LogP contribution in [0.1, 0.15) is 5.82 Å². The second kappa shape index (κ2) is 8.98. The van der Waals surface area contributed by atoms with Gasteiger partial charge in [0.05, 0.1) is 41.8 Å². The van der Waals surface area contributed by atoms with Crippen LogP contribution in [0.25, 0.3) is 32.8 Å². The van der Waals surface area contributed by atoms with Crippen molar-refractivity contribution in [3.8, 4) is 0 Å². The van der Waals surface area contributed by atoms with Gasteiger partial charge < -0.3 is 19.6 Å². The number of morpholine rings is 1. The Kier molecular flexibility index (Phi) is 5.52. The number of hydrogen-bond donors (Lipinski definition) is 2. The van der Waals surface area contributed by atoms with Gasteiger partial charge in [0, 0.05) is 29.5 Å². The lowest BCUT2D eigenvalue weighted by molar-refractivity contribution is -0.116. The number of nitrogens with one attached hydrogen (secondary N) is 2. The predicted molar refractivity (Wildman–Crippen MR) is 137 cm³/mol. The Bertz CT molecular complexity index is 1550. The Morgan fingerprint density at radius 2 is 1.66 bits per heavy atom. The van der Waals surface area contributed by atoms with Crippen LogP contribution in [-0.2, 0) is 22.6 Å². The van der Waals surface area contributed by atoms with Crippen molar-refractivity contribution in [3.05, 3.63) is 82.8 Å². The Morgan fingerprint density at radius 1 is 0.971 bits per heavy atom.